The van der Waals surface area contributed by atoms with Gasteiger partial charge in [0.2, 0.25) is 65.0 Å². The van der Waals surface area contributed by atoms with Crippen LogP contribution in [0.3, 0.4) is 0 Å². The highest BCUT2D eigenvalue weighted by atomic mass is 16.3. The summed E-state index contributed by atoms with van der Waals surface area (Å²) in [7, 11) is 9.80. The van der Waals surface area contributed by atoms with Gasteiger partial charge in [-0.2, -0.15) is 0 Å². The van der Waals surface area contributed by atoms with Crippen LogP contribution in [0.2, 0.25) is 0 Å². The molecule has 23 heteroatoms. The van der Waals surface area contributed by atoms with E-state index in [1.165, 1.54) is 82.8 Å². The smallest absolute Gasteiger partial charge is 0.247 e. The van der Waals surface area contributed by atoms with Gasteiger partial charge in [0.1, 0.15) is 60.4 Å². The Hall–Kier alpha value is -6.39. The maximum absolute atomic E-state index is 15.1. The van der Waals surface area contributed by atoms with E-state index in [9.17, 15) is 48.3 Å². The Bertz CT molecular complexity index is 2380. The van der Waals surface area contributed by atoms with Crippen LogP contribution < -0.4 is 21.3 Å². The van der Waals surface area contributed by atoms with Crippen LogP contribution in [0, 0.1) is 35.5 Å². The molecule has 1 aliphatic heterocycles. The number of hydrogen-bond donors (Lipinski definition) is 5. The van der Waals surface area contributed by atoms with Crippen molar-refractivity contribution in [1.29, 1.82) is 0 Å². The fourth-order valence-corrected chi connectivity index (χ4v) is 10.6. The molecule has 1 fully saturated rings. The minimum atomic E-state index is -1.62. The Labute approximate surface area is 508 Å². The number of aliphatic hydroxyl groups excluding tert-OH is 1. The molecule has 0 aromatic heterocycles. The molecule has 0 radical (unpaired) electrons. The molecule has 1 heterocycles. The van der Waals surface area contributed by atoms with Gasteiger partial charge < -0.3 is 60.7 Å². The lowest BCUT2D eigenvalue weighted by Crippen LogP contribution is -2.63. The predicted molar refractivity (Wildman–Crippen MR) is 328 cm³/mol. The predicted octanol–water partition coefficient (Wildman–Crippen LogP) is 3.19. The first-order valence-electron chi connectivity index (χ1n) is 30.3. The molecule has 0 aliphatic carbocycles. The Kier molecular flexibility index (Phi) is 31.3. The molecular formula is C62H109N11O12. The third-order valence-electron chi connectivity index (χ3n) is 16.1. The van der Waals surface area contributed by atoms with Crippen molar-refractivity contribution in [3.8, 4) is 0 Å². The van der Waals surface area contributed by atoms with Gasteiger partial charge >= 0.3 is 0 Å². The second kappa shape index (κ2) is 34.7. The maximum atomic E-state index is 15.1. The summed E-state index contributed by atoms with van der Waals surface area (Å²) in [5, 5.41) is 23.0. The van der Waals surface area contributed by atoms with Gasteiger partial charge in [0.25, 0.3) is 0 Å². The summed E-state index contributed by atoms with van der Waals surface area (Å²) < 4.78 is 0. The Morgan fingerprint density at radius 1 is 0.529 bits per heavy atom. The maximum Gasteiger partial charge on any atom is 0.247 e. The molecule has 0 aromatic carbocycles. The molecule has 12 atom stereocenters. The van der Waals surface area contributed by atoms with Crippen LogP contribution in [0.15, 0.2) is 24.3 Å². The van der Waals surface area contributed by atoms with Crippen molar-refractivity contribution in [3.05, 3.63) is 24.3 Å². The van der Waals surface area contributed by atoms with Crippen molar-refractivity contribution >= 4 is 65.0 Å². The fraction of sp³-hybridized carbons (Fsp3) is 0.758. The highest BCUT2D eigenvalue weighted by Gasteiger charge is 2.46. The third-order valence-corrected chi connectivity index (χ3v) is 16.1. The second-order valence-corrected chi connectivity index (χ2v) is 25.4. The SMILES string of the molecule is C=C(CC)[C@H]1C(=O)N[C@@H](C(C)C)C(=O)N(C)[C@@H](CC(C)C)C(=O)N[C@@H](C)C(=O)N[C@H](C)C(=O)N(C)[C@@H](CC(C)C)C(=O)N(C)[C@@H](CC(C)C)C(=O)N(C)[C@@H](C(C)C)C(=O)N(C)[C@@H]([C@H](O)C(C)C/C=C/C)C(=O)N[C@@H](CC)C(=O)N(C)CC(=O)N1C. The van der Waals surface area contributed by atoms with Gasteiger partial charge in [-0.25, -0.2) is 0 Å². The summed E-state index contributed by atoms with van der Waals surface area (Å²) in [5.41, 5.74) is 0.304. The first-order valence-corrected chi connectivity index (χ1v) is 30.3. The molecule has 0 spiro atoms. The van der Waals surface area contributed by atoms with Crippen molar-refractivity contribution in [2.24, 2.45) is 35.5 Å². The van der Waals surface area contributed by atoms with Gasteiger partial charge in [-0.3, -0.25) is 52.7 Å². The number of carbonyl (C=O) groups excluding carboxylic acids is 11. The minimum absolute atomic E-state index is 0.00828. The Morgan fingerprint density at radius 3 is 1.45 bits per heavy atom. The molecule has 1 saturated heterocycles. The largest absolute Gasteiger partial charge is 0.390 e. The highest BCUT2D eigenvalue weighted by Crippen LogP contribution is 2.26. The van der Waals surface area contributed by atoms with Gasteiger partial charge in [-0.05, 0) is 100 Å². The van der Waals surface area contributed by atoms with Crippen LogP contribution in [-0.4, -0.2) is 227 Å². The lowest BCUT2D eigenvalue weighted by Gasteiger charge is -2.41. The zero-order valence-electron chi connectivity index (χ0n) is 55.7. The molecular weight excluding hydrogens is 1090 g/mol. The van der Waals surface area contributed by atoms with E-state index in [0.717, 1.165) is 14.7 Å². The summed E-state index contributed by atoms with van der Waals surface area (Å²) in [6.45, 7) is 31.3. The van der Waals surface area contributed by atoms with Crippen molar-refractivity contribution in [2.45, 2.75) is 216 Å². The quantitative estimate of drug-likeness (QED) is 0.148. The molecule has 11 amide bonds. The van der Waals surface area contributed by atoms with Crippen molar-refractivity contribution in [2.75, 3.05) is 55.9 Å². The average Bonchev–Trinajstić information content (AvgIpc) is 2.83. The monoisotopic (exact) mass is 1200 g/mol. The van der Waals surface area contributed by atoms with Gasteiger partial charge in [-0.15, -0.1) is 0 Å². The van der Waals surface area contributed by atoms with Crippen LogP contribution in [-0.2, 0) is 52.7 Å². The molecule has 0 aromatic rings. The van der Waals surface area contributed by atoms with Crippen LogP contribution >= 0.6 is 0 Å². The number of likely N-dealkylation sites (N-methyl/N-ethyl adjacent to an activating group) is 7. The zero-order chi connectivity index (χ0) is 66.0. The molecule has 0 saturated carbocycles. The van der Waals surface area contributed by atoms with Gasteiger partial charge in [0.15, 0.2) is 0 Å². The topological polar surface area (TPSA) is 279 Å². The van der Waals surface area contributed by atoms with Crippen LogP contribution in [0.4, 0.5) is 0 Å². The molecule has 23 nitrogen and oxygen atoms in total. The number of carbonyl (C=O) groups is 11. The summed E-state index contributed by atoms with van der Waals surface area (Å²) >= 11 is 0. The van der Waals surface area contributed by atoms with E-state index in [-0.39, 0.29) is 49.9 Å². The number of amides is 11. The van der Waals surface area contributed by atoms with Crippen LogP contribution in [0.5, 0.6) is 0 Å². The number of nitrogens with zero attached hydrogens (tertiary/aromatic N) is 7. The summed E-state index contributed by atoms with van der Waals surface area (Å²) in [5.74, 6) is -9.90. The first kappa shape index (κ1) is 76.6. The molecule has 5 N–H and O–H groups in total. The minimum Gasteiger partial charge on any atom is -0.390 e. The number of allylic oxidation sites excluding steroid dienone is 2. The normalized spacial score (nSPS) is 26.8. The summed E-state index contributed by atoms with van der Waals surface area (Å²) in [6, 6.07) is -12.7. The Morgan fingerprint density at radius 2 is 0.988 bits per heavy atom. The van der Waals surface area contributed by atoms with Gasteiger partial charge in [0.05, 0.1) is 12.6 Å². The molecule has 484 valence electrons. The number of aliphatic hydroxyl groups is 1. The summed E-state index contributed by atoms with van der Waals surface area (Å²) in [6.07, 6.45) is 3.06. The zero-order valence-corrected chi connectivity index (χ0v) is 55.7. The van der Waals surface area contributed by atoms with Crippen molar-refractivity contribution < 1.29 is 57.8 Å². The number of hydrogen-bond acceptors (Lipinski definition) is 12. The third kappa shape index (κ3) is 20.9. The van der Waals surface area contributed by atoms with E-state index in [0.29, 0.717) is 12.0 Å². The van der Waals surface area contributed by atoms with E-state index < -0.39 is 156 Å². The van der Waals surface area contributed by atoms with E-state index in [1.54, 1.807) is 67.5 Å². The molecule has 85 heavy (non-hydrogen) atoms. The van der Waals surface area contributed by atoms with Crippen LogP contribution in [0.25, 0.3) is 0 Å². The van der Waals surface area contributed by atoms with Crippen molar-refractivity contribution in [1.82, 2.24) is 55.6 Å². The van der Waals surface area contributed by atoms with E-state index in [4.69, 9.17) is 0 Å². The van der Waals surface area contributed by atoms with E-state index in [2.05, 4.69) is 27.8 Å². The fourth-order valence-electron chi connectivity index (χ4n) is 10.6. The van der Waals surface area contributed by atoms with E-state index in [1.807, 2.05) is 41.5 Å². The highest BCUT2D eigenvalue weighted by molar-refractivity contribution is 6.00. The summed E-state index contributed by atoms with van der Waals surface area (Å²) in [4.78, 5) is 168. The number of rotatable bonds is 15. The molecule has 0 bridgehead atoms. The second-order valence-electron chi connectivity index (χ2n) is 25.4. The molecule has 1 unspecified atom stereocenters. The standard InChI is InChI=1S/C62H109N11O12/c1-25-28-29-40(15)52(75)51-56(79)65-43(27-3)58(81)67(18)33-47(74)71(22)50(39(14)26-2)55(78)66-48(37(10)11)61(84)68(19)44(30-34(4)5)54(77)63-41(16)53(76)64-42(17)57(80)69(20)45(31-35(6)7)59(82)70(21)46(32-36(8)9)60(83)72(23)49(38(12)13)62(85)73(51)24/h25,28,34-38,40-46,48-52,75H,14,26-27,29-33H2,1-13,15-24H3,(H,63,77)(H,64,76)(H,65,79)(H,66,78)/b28-25+/t40?,41-,42+,43-,44-,45-,46-,48-,49-,50-,51-,52+/m0/s1. The van der Waals surface area contributed by atoms with Gasteiger partial charge in [0, 0.05) is 49.3 Å². The average molecular weight is 1200 g/mol. The lowest BCUT2D eigenvalue weighted by molar-refractivity contribution is -0.157. The van der Waals surface area contributed by atoms with Crippen LogP contribution in [0.1, 0.15) is 149 Å². The first-order chi connectivity index (χ1) is 39.3. The number of nitrogens with one attached hydrogen (secondary N) is 4. The van der Waals surface area contributed by atoms with Gasteiger partial charge in [-0.1, -0.05) is 109 Å². The van der Waals surface area contributed by atoms with E-state index >= 15 is 9.59 Å². The van der Waals surface area contributed by atoms with Crippen molar-refractivity contribution in [3.63, 3.8) is 0 Å². The Balaban J connectivity index is 4.33. The lowest BCUT2D eigenvalue weighted by atomic mass is 9.91. The molecule has 1 aliphatic rings. The molecule has 1 rings (SSSR count).